The summed E-state index contributed by atoms with van der Waals surface area (Å²) < 4.78 is 0. The standard InChI is InChI=1S/C9H10OS.C2H6/c1-7-2-3-8(6-10)4-5-9(7)11;1-2/h2-6,8,11H,1H3;1-2H3. The van der Waals surface area contributed by atoms with Gasteiger partial charge in [0.1, 0.15) is 6.29 Å². The summed E-state index contributed by atoms with van der Waals surface area (Å²) in [6, 6.07) is 0. The molecule has 1 nitrogen and oxygen atoms in total. The van der Waals surface area contributed by atoms with Crippen molar-refractivity contribution in [1.82, 2.24) is 0 Å². The number of hydrogen-bond donors (Lipinski definition) is 1. The first-order chi connectivity index (χ1) is 6.24. The zero-order chi connectivity index (χ0) is 10.3. The quantitative estimate of drug-likeness (QED) is 0.503. The highest BCUT2D eigenvalue weighted by Gasteiger charge is 2.01. The smallest absolute Gasteiger partial charge is 0.130 e. The largest absolute Gasteiger partial charge is 0.302 e. The zero-order valence-electron chi connectivity index (χ0n) is 8.32. The Morgan fingerprint density at radius 3 is 2.38 bits per heavy atom. The first-order valence-electron chi connectivity index (χ1n) is 4.45. The summed E-state index contributed by atoms with van der Waals surface area (Å²) in [5, 5.41) is 0. The minimum Gasteiger partial charge on any atom is -0.302 e. The summed E-state index contributed by atoms with van der Waals surface area (Å²) >= 11 is 4.23. The normalized spacial score (nSPS) is 20.5. The van der Waals surface area contributed by atoms with Crippen LogP contribution in [0, 0.1) is 5.92 Å². The fourth-order valence-corrected chi connectivity index (χ4v) is 0.990. The van der Waals surface area contributed by atoms with E-state index in [0.717, 1.165) is 16.8 Å². The monoisotopic (exact) mass is 196 g/mol. The molecule has 0 aromatic heterocycles. The number of carbonyl (C=O) groups is 1. The molecule has 1 atom stereocenters. The molecule has 0 N–H and O–H groups in total. The molecular formula is C11H16OS. The van der Waals surface area contributed by atoms with Crippen LogP contribution in [0.3, 0.4) is 0 Å². The Labute approximate surface area is 85.6 Å². The van der Waals surface area contributed by atoms with E-state index in [2.05, 4.69) is 12.6 Å². The van der Waals surface area contributed by atoms with Crippen molar-refractivity contribution in [3.8, 4) is 0 Å². The van der Waals surface area contributed by atoms with Gasteiger partial charge < -0.3 is 4.79 Å². The average molecular weight is 196 g/mol. The minimum absolute atomic E-state index is 0.0883. The summed E-state index contributed by atoms with van der Waals surface area (Å²) in [7, 11) is 0. The molecule has 1 rings (SSSR count). The van der Waals surface area contributed by atoms with Crippen molar-refractivity contribution >= 4 is 18.9 Å². The first kappa shape index (κ1) is 12.2. The molecular weight excluding hydrogens is 180 g/mol. The lowest BCUT2D eigenvalue weighted by molar-refractivity contribution is -0.108. The highest BCUT2D eigenvalue weighted by Crippen LogP contribution is 2.16. The predicted molar refractivity (Wildman–Crippen MR) is 60.9 cm³/mol. The molecule has 0 fully saturated rings. The summed E-state index contributed by atoms with van der Waals surface area (Å²) in [4.78, 5) is 11.3. The molecule has 13 heavy (non-hydrogen) atoms. The van der Waals surface area contributed by atoms with Crippen LogP contribution in [-0.2, 0) is 4.79 Å². The van der Waals surface area contributed by atoms with E-state index in [9.17, 15) is 4.79 Å². The maximum Gasteiger partial charge on any atom is 0.130 e. The molecule has 0 saturated heterocycles. The van der Waals surface area contributed by atoms with Crippen LogP contribution in [0.4, 0.5) is 0 Å². The number of allylic oxidation sites excluding steroid dienone is 5. The van der Waals surface area contributed by atoms with Crippen molar-refractivity contribution in [3.05, 3.63) is 34.8 Å². The van der Waals surface area contributed by atoms with Crippen molar-refractivity contribution in [3.63, 3.8) is 0 Å². The predicted octanol–water partition coefficient (Wildman–Crippen LogP) is 3.16. The number of rotatable bonds is 1. The van der Waals surface area contributed by atoms with Crippen LogP contribution in [-0.4, -0.2) is 6.29 Å². The van der Waals surface area contributed by atoms with Crippen molar-refractivity contribution in [1.29, 1.82) is 0 Å². The van der Waals surface area contributed by atoms with E-state index >= 15 is 0 Å². The molecule has 0 bridgehead atoms. The van der Waals surface area contributed by atoms with Crippen molar-refractivity contribution in [2.75, 3.05) is 0 Å². The minimum atomic E-state index is -0.0883. The van der Waals surface area contributed by atoms with Crippen LogP contribution >= 0.6 is 12.6 Å². The Kier molecular flexibility index (Phi) is 6.33. The molecule has 0 aromatic rings. The van der Waals surface area contributed by atoms with Gasteiger partial charge in [0.05, 0.1) is 5.92 Å². The van der Waals surface area contributed by atoms with Crippen molar-refractivity contribution in [2.45, 2.75) is 20.8 Å². The SMILES string of the molecule is CC.CC1=C(S)C=CC(C=O)C=C1. The van der Waals surface area contributed by atoms with E-state index in [1.165, 1.54) is 0 Å². The van der Waals surface area contributed by atoms with E-state index in [4.69, 9.17) is 0 Å². The summed E-state index contributed by atoms with van der Waals surface area (Å²) in [5.41, 5.74) is 1.09. The fraction of sp³-hybridized carbons (Fsp3) is 0.364. The van der Waals surface area contributed by atoms with Gasteiger partial charge in [-0.05, 0) is 12.5 Å². The van der Waals surface area contributed by atoms with Crippen LogP contribution in [0.2, 0.25) is 0 Å². The zero-order valence-corrected chi connectivity index (χ0v) is 9.21. The maximum absolute atomic E-state index is 10.4. The van der Waals surface area contributed by atoms with Crippen LogP contribution in [0.15, 0.2) is 34.8 Å². The lowest BCUT2D eigenvalue weighted by Crippen LogP contribution is -1.90. The second kappa shape index (κ2) is 6.72. The number of aldehydes is 1. The van der Waals surface area contributed by atoms with E-state index in [-0.39, 0.29) is 5.92 Å². The third kappa shape index (κ3) is 4.13. The number of thiol groups is 1. The Balaban J connectivity index is 0.000000671. The van der Waals surface area contributed by atoms with Gasteiger partial charge in [0.15, 0.2) is 0 Å². The van der Waals surface area contributed by atoms with Gasteiger partial charge in [-0.15, -0.1) is 12.6 Å². The molecule has 2 heteroatoms. The molecule has 0 spiro atoms. The van der Waals surface area contributed by atoms with Gasteiger partial charge in [-0.1, -0.05) is 38.2 Å². The lowest BCUT2D eigenvalue weighted by Gasteiger charge is -1.91. The Morgan fingerprint density at radius 1 is 1.31 bits per heavy atom. The van der Waals surface area contributed by atoms with E-state index < -0.39 is 0 Å². The highest BCUT2D eigenvalue weighted by atomic mass is 32.1. The van der Waals surface area contributed by atoms with Crippen LogP contribution in [0.25, 0.3) is 0 Å². The van der Waals surface area contributed by atoms with Crippen LogP contribution in [0.1, 0.15) is 20.8 Å². The Morgan fingerprint density at radius 2 is 1.85 bits per heavy atom. The second-order valence-electron chi connectivity index (χ2n) is 2.50. The molecule has 1 aliphatic rings. The topological polar surface area (TPSA) is 17.1 Å². The summed E-state index contributed by atoms with van der Waals surface area (Å²) in [6.45, 7) is 5.97. The third-order valence-electron chi connectivity index (χ3n) is 1.61. The van der Waals surface area contributed by atoms with Gasteiger partial charge in [0.2, 0.25) is 0 Å². The molecule has 72 valence electrons. The molecule has 0 amide bonds. The van der Waals surface area contributed by atoms with Gasteiger partial charge >= 0.3 is 0 Å². The molecule has 1 aliphatic carbocycles. The molecule has 0 aliphatic heterocycles. The van der Waals surface area contributed by atoms with Gasteiger partial charge in [-0.25, -0.2) is 0 Å². The van der Waals surface area contributed by atoms with E-state index in [1.54, 1.807) is 0 Å². The fourth-order valence-electron chi connectivity index (χ4n) is 0.829. The van der Waals surface area contributed by atoms with Gasteiger partial charge in [0.25, 0.3) is 0 Å². The maximum atomic E-state index is 10.4. The third-order valence-corrected chi connectivity index (χ3v) is 2.11. The molecule has 0 radical (unpaired) electrons. The molecule has 1 unspecified atom stereocenters. The van der Waals surface area contributed by atoms with Crippen molar-refractivity contribution in [2.24, 2.45) is 5.92 Å². The van der Waals surface area contributed by atoms with Crippen molar-refractivity contribution < 1.29 is 4.79 Å². The first-order valence-corrected chi connectivity index (χ1v) is 4.90. The summed E-state index contributed by atoms with van der Waals surface area (Å²) in [5.74, 6) is -0.0883. The average Bonchev–Trinajstić information content (AvgIpc) is 2.34. The van der Waals surface area contributed by atoms with Crippen LogP contribution in [0.5, 0.6) is 0 Å². The summed E-state index contributed by atoms with van der Waals surface area (Å²) in [6.07, 6.45) is 8.38. The van der Waals surface area contributed by atoms with Crippen LogP contribution < -0.4 is 0 Å². The Hall–Kier alpha value is -0.760. The van der Waals surface area contributed by atoms with Gasteiger partial charge in [0, 0.05) is 4.91 Å². The van der Waals surface area contributed by atoms with E-state index in [0.29, 0.717) is 0 Å². The molecule has 0 aromatic carbocycles. The molecule has 0 saturated carbocycles. The lowest BCUT2D eigenvalue weighted by atomic mass is 10.1. The number of hydrogen-bond acceptors (Lipinski definition) is 2. The van der Waals surface area contributed by atoms with E-state index in [1.807, 2.05) is 45.1 Å². The van der Waals surface area contributed by atoms with Gasteiger partial charge in [-0.2, -0.15) is 0 Å². The van der Waals surface area contributed by atoms with Gasteiger partial charge in [-0.3, -0.25) is 0 Å². The Bertz CT molecular complexity index is 227. The molecule has 0 heterocycles. The second-order valence-corrected chi connectivity index (χ2v) is 2.98. The highest BCUT2D eigenvalue weighted by molar-refractivity contribution is 7.84. The number of carbonyl (C=O) groups excluding carboxylic acids is 1.